The van der Waals surface area contributed by atoms with Crippen LogP contribution in [-0.2, 0) is 16.1 Å². The van der Waals surface area contributed by atoms with Crippen LogP contribution in [0.3, 0.4) is 0 Å². The topological polar surface area (TPSA) is 102 Å². The molecule has 3 N–H and O–H groups in total. The molecule has 0 spiro atoms. The van der Waals surface area contributed by atoms with Gasteiger partial charge in [0.25, 0.3) is 0 Å². The zero-order valence-corrected chi connectivity index (χ0v) is 25.7. The van der Waals surface area contributed by atoms with Crippen molar-refractivity contribution in [1.29, 1.82) is 0 Å². The Hall–Kier alpha value is -3.82. The molecule has 0 bridgehead atoms. The highest BCUT2D eigenvalue weighted by Gasteiger charge is 2.33. The molecule has 9 nitrogen and oxygen atoms in total. The molecule has 10 heteroatoms. The first-order valence-corrected chi connectivity index (χ1v) is 15.5. The molecule has 3 aromatic rings. The number of hydrogen-bond acceptors (Lipinski definition) is 7. The molecular formula is C33H40ClN7O2. The summed E-state index contributed by atoms with van der Waals surface area (Å²) in [5, 5.41) is 7.69. The van der Waals surface area contributed by atoms with Gasteiger partial charge in [0.2, 0.25) is 11.8 Å². The quantitative estimate of drug-likeness (QED) is 0.236. The number of imidazole rings is 1. The van der Waals surface area contributed by atoms with E-state index < -0.39 is 0 Å². The van der Waals surface area contributed by atoms with Gasteiger partial charge in [-0.3, -0.25) is 0 Å². The van der Waals surface area contributed by atoms with Crippen molar-refractivity contribution in [1.82, 2.24) is 14.9 Å². The van der Waals surface area contributed by atoms with Crippen molar-refractivity contribution in [2.24, 2.45) is 27.7 Å². The second-order valence-corrected chi connectivity index (χ2v) is 12.3. The standard InChI is InChI=1S/C33H40ClN7O2/c1-21-9-11-24(12-10-21)18-41-29(23(3)26-15-22(2)16-27(34)17-26)31(37-30(35)32-36-20-43-39-32)38-33(41)40-13-14-42-19-28(40)25-7-5-4-6-8-25/h4-8,15-17,21,24,28H,3,9-14,18-20H2,1-2H3,(H2,35,37)(H,36,39)/t21-,24-,28-/m0/s1. The summed E-state index contributed by atoms with van der Waals surface area (Å²) in [6.07, 6.45) is 4.80. The molecular weight excluding hydrogens is 562 g/mol. The third-order valence-electron chi connectivity index (χ3n) is 8.68. The number of anilines is 1. The number of amidine groups is 2. The second-order valence-electron chi connectivity index (χ2n) is 11.9. The smallest absolute Gasteiger partial charge is 0.210 e. The first kappa shape index (κ1) is 29.3. The van der Waals surface area contributed by atoms with Gasteiger partial charge in [-0.2, -0.15) is 4.98 Å². The van der Waals surface area contributed by atoms with Crippen LogP contribution in [-0.4, -0.2) is 47.7 Å². The predicted molar refractivity (Wildman–Crippen MR) is 173 cm³/mol. The van der Waals surface area contributed by atoms with Gasteiger partial charge in [-0.05, 0) is 60.4 Å². The maximum Gasteiger partial charge on any atom is 0.210 e. The maximum atomic E-state index is 6.54. The van der Waals surface area contributed by atoms with Crippen LogP contribution in [0.1, 0.15) is 61.0 Å². The Bertz CT molecular complexity index is 1510. The molecule has 2 aromatic carbocycles. The van der Waals surface area contributed by atoms with E-state index in [1.807, 2.05) is 25.1 Å². The fraction of sp³-hybridized carbons (Fsp3) is 0.424. The highest BCUT2D eigenvalue weighted by Crippen LogP contribution is 2.40. The van der Waals surface area contributed by atoms with Crippen LogP contribution < -0.4 is 16.0 Å². The highest BCUT2D eigenvalue weighted by molar-refractivity contribution is 6.40. The van der Waals surface area contributed by atoms with Crippen molar-refractivity contribution in [2.75, 3.05) is 31.4 Å². The van der Waals surface area contributed by atoms with E-state index in [-0.39, 0.29) is 18.6 Å². The number of hydrogen-bond donors (Lipinski definition) is 2. The minimum atomic E-state index is 0.000424. The number of nitrogens with two attached hydrogens (primary N) is 1. The lowest BCUT2D eigenvalue weighted by atomic mass is 9.83. The van der Waals surface area contributed by atoms with E-state index in [1.165, 1.54) is 31.2 Å². The normalized spacial score (nSPS) is 22.6. The lowest BCUT2D eigenvalue weighted by molar-refractivity contribution is 0.0927. The summed E-state index contributed by atoms with van der Waals surface area (Å²) in [4.78, 5) is 17.6. The van der Waals surface area contributed by atoms with Crippen molar-refractivity contribution in [3.63, 3.8) is 0 Å². The van der Waals surface area contributed by atoms with Gasteiger partial charge in [0, 0.05) is 23.7 Å². The molecule has 6 rings (SSSR count). The number of ether oxygens (including phenoxy) is 1. The van der Waals surface area contributed by atoms with Crippen LogP contribution in [0.15, 0.2) is 65.3 Å². The number of oxime groups is 1. The number of nitrogens with one attached hydrogen (secondary N) is 1. The number of aryl methyl sites for hydroxylation is 1. The van der Waals surface area contributed by atoms with Gasteiger partial charge in [0.15, 0.2) is 18.4 Å². The lowest BCUT2D eigenvalue weighted by Crippen LogP contribution is -2.41. The molecule has 43 heavy (non-hydrogen) atoms. The summed E-state index contributed by atoms with van der Waals surface area (Å²) in [5.74, 6) is 3.20. The number of aliphatic imine (C=N–C) groups is 1. The van der Waals surface area contributed by atoms with Gasteiger partial charge >= 0.3 is 0 Å². The molecule has 3 heterocycles. The number of benzene rings is 2. The van der Waals surface area contributed by atoms with Crippen molar-refractivity contribution >= 4 is 40.6 Å². The minimum absolute atomic E-state index is 0.000424. The Morgan fingerprint density at radius 2 is 1.95 bits per heavy atom. The van der Waals surface area contributed by atoms with E-state index >= 15 is 0 Å². The maximum absolute atomic E-state index is 6.54. The molecule has 1 saturated carbocycles. The van der Waals surface area contributed by atoms with Crippen LogP contribution in [0, 0.1) is 18.8 Å². The highest BCUT2D eigenvalue weighted by atomic mass is 35.5. The number of rotatable bonds is 8. The summed E-state index contributed by atoms with van der Waals surface area (Å²) < 4.78 is 8.33. The van der Waals surface area contributed by atoms with Crippen LogP contribution in [0.4, 0.5) is 11.8 Å². The number of nitrogens with zero attached hydrogens (tertiary/aromatic N) is 5. The van der Waals surface area contributed by atoms with Gasteiger partial charge in [-0.1, -0.05) is 79.5 Å². The van der Waals surface area contributed by atoms with E-state index in [2.05, 4.69) is 63.8 Å². The van der Waals surface area contributed by atoms with Gasteiger partial charge in [0.1, 0.15) is 0 Å². The van der Waals surface area contributed by atoms with Gasteiger partial charge in [-0.15, -0.1) is 0 Å². The molecule has 226 valence electrons. The largest absolute Gasteiger partial charge is 0.380 e. The average molecular weight is 602 g/mol. The molecule has 2 fully saturated rings. The summed E-state index contributed by atoms with van der Waals surface area (Å²) >= 11 is 6.54. The van der Waals surface area contributed by atoms with Gasteiger partial charge < -0.3 is 30.1 Å². The van der Waals surface area contributed by atoms with E-state index in [4.69, 9.17) is 36.9 Å². The van der Waals surface area contributed by atoms with Crippen molar-refractivity contribution in [3.8, 4) is 0 Å². The Morgan fingerprint density at radius 1 is 1.16 bits per heavy atom. The molecule has 1 saturated heterocycles. The number of morpholine rings is 1. The molecule has 1 aliphatic carbocycles. The average Bonchev–Trinajstić information content (AvgIpc) is 3.67. The van der Waals surface area contributed by atoms with E-state index in [0.717, 1.165) is 40.8 Å². The zero-order valence-electron chi connectivity index (χ0n) is 24.9. The zero-order chi connectivity index (χ0) is 29.9. The second kappa shape index (κ2) is 12.8. The van der Waals surface area contributed by atoms with Crippen molar-refractivity contribution in [2.45, 2.75) is 52.1 Å². The summed E-state index contributed by atoms with van der Waals surface area (Å²) in [6, 6.07) is 16.5. The van der Waals surface area contributed by atoms with Crippen LogP contribution in [0.25, 0.3) is 5.57 Å². The number of aromatic nitrogens is 2. The Labute approximate surface area is 258 Å². The van der Waals surface area contributed by atoms with Crippen molar-refractivity contribution < 1.29 is 9.57 Å². The predicted octanol–water partition coefficient (Wildman–Crippen LogP) is 6.19. The summed E-state index contributed by atoms with van der Waals surface area (Å²) in [5.41, 5.74) is 11.2. The Balaban J connectivity index is 1.52. The molecule has 3 aliphatic rings. The van der Waals surface area contributed by atoms with Crippen LogP contribution in [0.5, 0.6) is 0 Å². The summed E-state index contributed by atoms with van der Waals surface area (Å²) in [6.45, 7) is 11.9. The van der Waals surface area contributed by atoms with E-state index in [1.54, 1.807) is 0 Å². The SMILES string of the molecule is C=C(c1cc(C)cc(Cl)c1)c1c(/N=C(\N)C2=NOCN2)nc(N2CCOC[C@H]2c2ccccc2)n1C[C@H]1CC[C@H](C)CC1. The molecule has 1 aromatic heterocycles. The third kappa shape index (κ3) is 6.43. The summed E-state index contributed by atoms with van der Waals surface area (Å²) in [7, 11) is 0. The Morgan fingerprint density at radius 3 is 2.67 bits per heavy atom. The minimum Gasteiger partial charge on any atom is -0.380 e. The van der Waals surface area contributed by atoms with E-state index in [9.17, 15) is 0 Å². The molecule has 1 atom stereocenters. The lowest BCUT2D eigenvalue weighted by Gasteiger charge is -2.37. The van der Waals surface area contributed by atoms with Gasteiger partial charge in [-0.25, -0.2) is 4.99 Å². The van der Waals surface area contributed by atoms with E-state index in [0.29, 0.717) is 42.4 Å². The fourth-order valence-electron chi connectivity index (χ4n) is 6.34. The Kier molecular flexibility index (Phi) is 8.72. The van der Waals surface area contributed by atoms with Crippen LogP contribution in [0.2, 0.25) is 5.02 Å². The van der Waals surface area contributed by atoms with Gasteiger partial charge in [0.05, 0.1) is 24.9 Å². The number of halogens is 1. The van der Waals surface area contributed by atoms with Crippen molar-refractivity contribution in [3.05, 3.63) is 82.5 Å². The monoisotopic (exact) mass is 601 g/mol. The third-order valence-corrected chi connectivity index (χ3v) is 8.90. The first-order chi connectivity index (χ1) is 20.9. The van der Waals surface area contributed by atoms with Crippen LogP contribution >= 0.6 is 11.6 Å². The fourth-order valence-corrected chi connectivity index (χ4v) is 6.63. The molecule has 0 radical (unpaired) electrons. The molecule has 0 unspecified atom stereocenters. The first-order valence-electron chi connectivity index (χ1n) is 15.1. The molecule has 0 amide bonds. The molecule has 2 aliphatic heterocycles.